The molecule has 0 amide bonds. The molecule has 0 bridgehead atoms. The highest BCUT2D eigenvalue weighted by Gasteiger charge is 2.52. The van der Waals surface area contributed by atoms with Gasteiger partial charge < -0.3 is 14.6 Å². The summed E-state index contributed by atoms with van der Waals surface area (Å²) in [7, 11) is -2.13. The highest BCUT2D eigenvalue weighted by molar-refractivity contribution is 9.10. The first kappa shape index (κ1) is 26.6. The molecule has 4 rings (SSSR count). The highest BCUT2D eigenvalue weighted by Crippen LogP contribution is 2.60. The number of ether oxygens (including phenoxy) is 2. The molecule has 186 valence electrons. The number of aliphatic hydroxyl groups excluding tert-OH is 1. The van der Waals surface area contributed by atoms with Crippen LogP contribution in [-0.4, -0.2) is 30.3 Å². The maximum Gasteiger partial charge on any atom is 0.189 e. The van der Waals surface area contributed by atoms with Crippen LogP contribution < -0.4 is 20.7 Å². The first-order valence-corrected chi connectivity index (χ1v) is 15.0. The van der Waals surface area contributed by atoms with E-state index in [1.807, 2.05) is 24.3 Å². The fraction of sp³-hybridized carbons (Fsp3) is 0.226. The Hall–Kier alpha value is -2.49. The zero-order valence-corrected chi connectivity index (χ0v) is 23.0. The van der Waals surface area contributed by atoms with E-state index in [0.29, 0.717) is 13.0 Å². The third-order valence-corrected chi connectivity index (χ3v) is 12.0. The summed E-state index contributed by atoms with van der Waals surface area (Å²) in [6, 6.07) is 39.8. The van der Waals surface area contributed by atoms with Crippen LogP contribution in [-0.2, 0) is 4.74 Å². The van der Waals surface area contributed by atoms with Gasteiger partial charge in [-0.05, 0) is 80.4 Å². The molecule has 0 fully saturated rings. The molecule has 4 aromatic carbocycles. The van der Waals surface area contributed by atoms with Crippen LogP contribution in [0.5, 0.6) is 5.75 Å². The SMILES string of the molecule is C[C@@H]([C@H](O)CCCOCOc1ccc(Br)cc1)[P+](c1ccccc1)(c1ccccc1)c1ccccc1. The summed E-state index contributed by atoms with van der Waals surface area (Å²) < 4.78 is 12.4. The van der Waals surface area contributed by atoms with E-state index in [9.17, 15) is 5.11 Å². The maximum atomic E-state index is 11.5. The number of aliphatic hydroxyl groups is 1. The molecular formula is C31H33BrO3P+. The van der Waals surface area contributed by atoms with Gasteiger partial charge in [-0.25, -0.2) is 0 Å². The minimum Gasteiger partial charge on any atom is -0.468 e. The smallest absolute Gasteiger partial charge is 0.189 e. The summed E-state index contributed by atoms with van der Waals surface area (Å²) in [5.74, 6) is 0.773. The molecule has 0 unspecified atom stereocenters. The summed E-state index contributed by atoms with van der Waals surface area (Å²) in [6.07, 6.45) is 0.941. The van der Waals surface area contributed by atoms with Crippen LogP contribution in [0.3, 0.4) is 0 Å². The summed E-state index contributed by atoms with van der Waals surface area (Å²) >= 11 is 3.42. The normalized spacial score (nSPS) is 13.2. The fourth-order valence-electron chi connectivity index (χ4n) is 4.74. The zero-order chi connectivity index (χ0) is 25.2. The summed E-state index contributed by atoms with van der Waals surface area (Å²) in [5.41, 5.74) is 0.0312. The van der Waals surface area contributed by atoms with Gasteiger partial charge in [0.15, 0.2) is 6.79 Å². The minimum atomic E-state index is -2.13. The second kappa shape index (κ2) is 13.2. The van der Waals surface area contributed by atoms with E-state index in [4.69, 9.17) is 9.47 Å². The second-order valence-corrected chi connectivity index (χ2v) is 13.5. The van der Waals surface area contributed by atoms with Gasteiger partial charge in [0.25, 0.3) is 0 Å². The number of hydrogen-bond donors (Lipinski definition) is 1. The number of rotatable bonds is 12. The van der Waals surface area contributed by atoms with E-state index in [1.54, 1.807) is 0 Å². The molecule has 0 aromatic heterocycles. The quantitative estimate of drug-likeness (QED) is 0.124. The van der Waals surface area contributed by atoms with Gasteiger partial charge in [-0.1, -0.05) is 70.5 Å². The lowest BCUT2D eigenvalue weighted by atomic mass is 10.1. The Labute approximate surface area is 223 Å². The first-order valence-electron chi connectivity index (χ1n) is 12.3. The van der Waals surface area contributed by atoms with Crippen LogP contribution in [0.4, 0.5) is 0 Å². The first-order chi connectivity index (χ1) is 17.6. The Morgan fingerprint density at radius 1 is 0.722 bits per heavy atom. The van der Waals surface area contributed by atoms with Gasteiger partial charge in [0.1, 0.15) is 34.6 Å². The van der Waals surface area contributed by atoms with Crippen molar-refractivity contribution in [3.8, 4) is 5.75 Å². The van der Waals surface area contributed by atoms with Crippen molar-refractivity contribution in [2.75, 3.05) is 13.4 Å². The molecule has 0 aliphatic carbocycles. The van der Waals surface area contributed by atoms with Crippen molar-refractivity contribution in [3.05, 3.63) is 120 Å². The number of hydrogen-bond acceptors (Lipinski definition) is 3. The van der Waals surface area contributed by atoms with Gasteiger partial charge in [0.05, 0.1) is 12.7 Å². The standard InChI is InChI=1S/C31H33BrO3P/c1-25(31(33)18-11-23-34-24-35-27-21-19-26(32)20-22-27)36(28-12-5-2-6-13-28,29-14-7-3-8-15-29)30-16-9-4-10-17-30/h2-10,12-17,19-22,25,31,33H,11,18,23-24H2,1H3/q+1/t25-,31+/m0/s1. The monoisotopic (exact) mass is 563 g/mol. The van der Waals surface area contributed by atoms with Gasteiger partial charge in [-0.3, -0.25) is 0 Å². The van der Waals surface area contributed by atoms with Crippen LogP contribution in [0.15, 0.2) is 120 Å². The molecule has 2 atom stereocenters. The zero-order valence-electron chi connectivity index (χ0n) is 20.5. The highest BCUT2D eigenvalue weighted by atomic mass is 79.9. The van der Waals surface area contributed by atoms with Crippen molar-refractivity contribution in [3.63, 3.8) is 0 Å². The Kier molecular flexibility index (Phi) is 9.72. The molecule has 0 radical (unpaired) electrons. The van der Waals surface area contributed by atoms with Gasteiger partial charge in [0.2, 0.25) is 0 Å². The molecule has 36 heavy (non-hydrogen) atoms. The second-order valence-electron chi connectivity index (χ2n) is 8.80. The summed E-state index contributed by atoms with van der Waals surface area (Å²) in [6.45, 7) is 2.94. The predicted octanol–water partition coefficient (Wildman–Crippen LogP) is 6.33. The average molecular weight is 564 g/mol. The van der Waals surface area contributed by atoms with E-state index in [2.05, 4.69) is 114 Å². The Balaban J connectivity index is 1.49. The molecule has 0 saturated carbocycles. The van der Waals surface area contributed by atoms with Crippen LogP contribution in [0.25, 0.3) is 0 Å². The number of benzene rings is 4. The largest absolute Gasteiger partial charge is 0.468 e. The topological polar surface area (TPSA) is 38.7 Å². The molecule has 4 aromatic rings. The molecule has 3 nitrogen and oxygen atoms in total. The van der Waals surface area contributed by atoms with Crippen molar-refractivity contribution >= 4 is 39.1 Å². The van der Waals surface area contributed by atoms with Crippen molar-refractivity contribution in [2.24, 2.45) is 0 Å². The van der Waals surface area contributed by atoms with E-state index in [0.717, 1.165) is 16.6 Å². The van der Waals surface area contributed by atoms with Crippen LogP contribution in [0.1, 0.15) is 19.8 Å². The van der Waals surface area contributed by atoms with Crippen molar-refractivity contribution in [2.45, 2.75) is 31.5 Å². The van der Waals surface area contributed by atoms with Crippen LogP contribution in [0, 0.1) is 0 Å². The molecule has 0 spiro atoms. The Morgan fingerprint density at radius 2 is 1.19 bits per heavy atom. The fourth-order valence-corrected chi connectivity index (χ4v) is 9.90. The van der Waals surface area contributed by atoms with Gasteiger partial charge in [0, 0.05) is 4.47 Å². The number of halogens is 1. The van der Waals surface area contributed by atoms with Crippen LogP contribution in [0.2, 0.25) is 0 Å². The molecule has 0 aliphatic rings. The third-order valence-electron chi connectivity index (χ3n) is 6.57. The molecule has 0 saturated heterocycles. The van der Waals surface area contributed by atoms with Gasteiger partial charge >= 0.3 is 0 Å². The molecule has 5 heteroatoms. The van der Waals surface area contributed by atoms with E-state index in [1.165, 1.54) is 15.9 Å². The van der Waals surface area contributed by atoms with Crippen molar-refractivity contribution < 1.29 is 14.6 Å². The van der Waals surface area contributed by atoms with E-state index >= 15 is 0 Å². The third kappa shape index (κ3) is 6.25. The minimum absolute atomic E-state index is 0.0312. The lowest BCUT2D eigenvalue weighted by Gasteiger charge is -2.35. The average Bonchev–Trinajstić information content (AvgIpc) is 2.93. The van der Waals surface area contributed by atoms with E-state index in [-0.39, 0.29) is 12.5 Å². The molecule has 0 aliphatic heterocycles. The Morgan fingerprint density at radius 3 is 1.67 bits per heavy atom. The van der Waals surface area contributed by atoms with Crippen molar-refractivity contribution in [1.29, 1.82) is 0 Å². The molecule has 0 heterocycles. The van der Waals surface area contributed by atoms with Crippen molar-refractivity contribution in [1.82, 2.24) is 0 Å². The predicted molar refractivity (Wildman–Crippen MR) is 155 cm³/mol. The summed E-state index contributed by atoms with van der Waals surface area (Å²) in [4.78, 5) is 0. The summed E-state index contributed by atoms with van der Waals surface area (Å²) in [5, 5.41) is 15.4. The lowest BCUT2D eigenvalue weighted by molar-refractivity contribution is 0.00956. The molecular weight excluding hydrogens is 531 g/mol. The van der Waals surface area contributed by atoms with Crippen LogP contribution >= 0.6 is 23.2 Å². The molecule has 1 N–H and O–H groups in total. The lowest BCUT2D eigenvalue weighted by Crippen LogP contribution is -2.42. The Bertz CT molecular complexity index is 1070. The van der Waals surface area contributed by atoms with Gasteiger partial charge in [-0.15, -0.1) is 0 Å². The maximum absolute atomic E-state index is 11.5. The van der Waals surface area contributed by atoms with E-state index < -0.39 is 13.4 Å². The van der Waals surface area contributed by atoms with Gasteiger partial charge in [-0.2, -0.15) is 0 Å².